The molecule has 1 fully saturated rings. The molecule has 0 radical (unpaired) electrons. The minimum Gasteiger partial charge on any atom is -0.315 e. The Morgan fingerprint density at radius 2 is 1.52 bits per heavy atom. The van der Waals surface area contributed by atoms with E-state index in [2.05, 4.69) is 5.32 Å². The van der Waals surface area contributed by atoms with Crippen LogP contribution in [0.1, 0.15) is 18.4 Å². The molecule has 0 bridgehead atoms. The third-order valence-electron chi connectivity index (χ3n) is 4.21. The van der Waals surface area contributed by atoms with Crippen molar-refractivity contribution in [3.8, 4) is 0 Å². The molecule has 2 aromatic rings. The van der Waals surface area contributed by atoms with Gasteiger partial charge in [-0.15, -0.1) is 0 Å². The van der Waals surface area contributed by atoms with Gasteiger partial charge < -0.3 is 5.32 Å². The zero-order valence-corrected chi connectivity index (χ0v) is 12.6. The normalized spacial score (nSPS) is 22.9. The first-order valence-electron chi connectivity index (χ1n) is 7.23. The van der Waals surface area contributed by atoms with Crippen molar-refractivity contribution in [3.63, 3.8) is 0 Å². The molecule has 1 saturated heterocycles. The van der Waals surface area contributed by atoms with E-state index in [1.54, 1.807) is 24.3 Å². The maximum Gasteiger partial charge on any atom is 0.189 e. The molecule has 3 nitrogen and oxygen atoms in total. The summed E-state index contributed by atoms with van der Waals surface area (Å²) in [5.41, 5.74) is 0.876. The van der Waals surface area contributed by atoms with Crippen LogP contribution in [0.15, 0.2) is 65.6 Å². The maximum absolute atomic E-state index is 13.3. The number of nitrogens with one attached hydrogen (secondary N) is 1. The highest BCUT2D eigenvalue weighted by atomic mass is 32.2. The van der Waals surface area contributed by atoms with Crippen LogP contribution in [-0.2, 0) is 14.6 Å². The molecule has 2 aromatic carbocycles. The summed E-state index contributed by atoms with van der Waals surface area (Å²) in [5.74, 6) is 0. The van der Waals surface area contributed by atoms with E-state index in [0.29, 0.717) is 17.9 Å². The molecule has 110 valence electrons. The third-order valence-corrected chi connectivity index (χ3v) is 6.72. The van der Waals surface area contributed by atoms with Gasteiger partial charge in [-0.1, -0.05) is 48.5 Å². The first-order chi connectivity index (χ1) is 10.2. The lowest BCUT2D eigenvalue weighted by Crippen LogP contribution is -2.48. The quantitative estimate of drug-likeness (QED) is 0.948. The monoisotopic (exact) mass is 301 g/mol. The molecule has 1 atom stereocenters. The molecule has 0 aliphatic carbocycles. The second kappa shape index (κ2) is 5.62. The van der Waals surface area contributed by atoms with Gasteiger partial charge in [-0.3, -0.25) is 0 Å². The highest BCUT2D eigenvalue weighted by molar-refractivity contribution is 7.92. The molecule has 1 unspecified atom stereocenters. The van der Waals surface area contributed by atoms with Gasteiger partial charge in [0, 0.05) is 6.54 Å². The summed E-state index contributed by atoms with van der Waals surface area (Å²) in [6.07, 6.45) is 1.52. The zero-order chi connectivity index (χ0) is 14.8. The summed E-state index contributed by atoms with van der Waals surface area (Å²) in [6.45, 7) is 1.34. The van der Waals surface area contributed by atoms with Crippen LogP contribution in [0.2, 0.25) is 0 Å². The van der Waals surface area contributed by atoms with E-state index in [9.17, 15) is 8.42 Å². The molecule has 21 heavy (non-hydrogen) atoms. The van der Waals surface area contributed by atoms with E-state index < -0.39 is 14.6 Å². The van der Waals surface area contributed by atoms with Crippen LogP contribution < -0.4 is 5.32 Å². The van der Waals surface area contributed by atoms with Crippen molar-refractivity contribution in [3.05, 3.63) is 66.2 Å². The van der Waals surface area contributed by atoms with Gasteiger partial charge in [-0.25, -0.2) is 8.42 Å². The molecule has 4 heteroatoms. The van der Waals surface area contributed by atoms with Crippen molar-refractivity contribution in [1.82, 2.24) is 5.32 Å². The maximum atomic E-state index is 13.3. The zero-order valence-electron chi connectivity index (χ0n) is 11.8. The van der Waals surface area contributed by atoms with E-state index in [1.807, 2.05) is 36.4 Å². The molecule has 1 aliphatic heterocycles. The molecule has 1 aliphatic rings. The van der Waals surface area contributed by atoms with Gasteiger partial charge >= 0.3 is 0 Å². The number of hydrogen-bond donors (Lipinski definition) is 1. The molecule has 1 N–H and O–H groups in total. The predicted octanol–water partition coefficient (Wildman–Crippen LogP) is 2.74. The predicted molar refractivity (Wildman–Crippen MR) is 83.9 cm³/mol. The van der Waals surface area contributed by atoms with Crippen LogP contribution in [0.4, 0.5) is 0 Å². The number of benzene rings is 2. The van der Waals surface area contributed by atoms with Crippen molar-refractivity contribution in [1.29, 1.82) is 0 Å². The van der Waals surface area contributed by atoms with Crippen molar-refractivity contribution in [2.24, 2.45) is 0 Å². The smallest absolute Gasteiger partial charge is 0.189 e. The van der Waals surface area contributed by atoms with E-state index in [4.69, 9.17) is 0 Å². The highest BCUT2D eigenvalue weighted by Crippen LogP contribution is 2.40. The van der Waals surface area contributed by atoms with E-state index in [1.165, 1.54) is 0 Å². The summed E-state index contributed by atoms with van der Waals surface area (Å²) in [7, 11) is -3.44. The van der Waals surface area contributed by atoms with Gasteiger partial charge in [-0.2, -0.15) is 0 Å². The van der Waals surface area contributed by atoms with E-state index >= 15 is 0 Å². The fourth-order valence-corrected chi connectivity index (χ4v) is 5.19. The van der Waals surface area contributed by atoms with Crippen molar-refractivity contribution >= 4 is 9.84 Å². The van der Waals surface area contributed by atoms with E-state index in [0.717, 1.165) is 18.5 Å². The van der Waals surface area contributed by atoms with Gasteiger partial charge in [0.05, 0.1) is 4.90 Å². The molecule has 1 heterocycles. The van der Waals surface area contributed by atoms with E-state index in [-0.39, 0.29) is 0 Å². The molecule has 0 amide bonds. The first kappa shape index (κ1) is 14.3. The van der Waals surface area contributed by atoms with Crippen molar-refractivity contribution < 1.29 is 8.42 Å². The standard InChI is InChI=1S/C17H19NO2S/c19-21(20,16-10-5-2-6-11-16)17(12-7-13-18-14-17)15-8-3-1-4-9-15/h1-6,8-11,18H,7,12-14H2. The first-order valence-corrected chi connectivity index (χ1v) is 8.71. The minimum absolute atomic E-state index is 0.401. The fraction of sp³-hybridized carbons (Fsp3) is 0.294. The third kappa shape index (κ3) is 2.39. The van der Waals surface area contributed by atoms with Gasteiger partial charge in [0.15, 0.2) is 9.84 Å². The number of sulfone groups is 1. The second-order valence-electron chi connectivity index (χ2n) is 5.46. The average molecular weight is 301 g/mol. The Balaban J connectivity index is 2.17. The SMILES string of the molecule is O=S(=O)(c1ccccc1)C1(c2ccccc2)CCCNC1. The lowest BCUT2D eigenvalue weighted by Gasteiger charge is -2.37. The Hall–Kier alpha value is -1.65. The summed E-state index contributed by atoms with van der Waals surface area (Å²) in [6, 6.07) is 18.4. The molecular weight excluding hydrogens is 282 g/mol. The Labute approximate surface area is 125 Å². The van der Waals surface area contributed by atoms with Gasteiger partial charge in [0.1, 0.15) is 4.75 Å². The van der Waals surface area contributed by atoms with Crippen LogP contribution in [0.3, 0.4) is 0 Å². The van der Waals surface area contributed by atoms with Crippen LogP contribution >= 0.6 is 0 Å². The highest BCUT2D eigenvalue weighted by Gasteiger charge is 2.46. The number of rotatable bonds is 3. The number of piperidine rings is 1. The summed E-state index contributed by atoms with van der Waals surface area (Å²) >= 11 is 0. The largest absolute Gasteiger partial charge is 0.315 e. The van der Waals surface area contributed by atoms with Gasteiger partial charge in [-0.05, 0) is 37.1 Å². The Bertz CT molecular complexity index is 690. The summed E-state index contributed by atoms with van der Waals surface area (Å²) in [5, 5.41) is 3.27. The second-order valence-corrected chi connectivity index (χ2v) is 7.72. The lowest BCUT2D eigenvalue weighted by molar-refractivity contribution is 0.397. The van der Waals surface area contributed by atoms with Gasteiger partial charge in [0.25, 0.3) is 0 Å². The Morgan fingerprint density at radius 1 is 0.905 bits per heavy atom. The van der Waals surface area contributed by atoms with Crippen molar-refractivity contribution in [2.45, 2.75) is 22.5 Å². The molecule has 3 rings (SSSR count). The Kier molecular flexibility index (Phi) is 3.83. The van der Waals surface area contributed by atoms with Crippen LogP contribution in [0.25, 0.3) is 0 Å². The lowest BCUT2D eigenvalue weighted by atomic mass is 9.90. The fourth-order valence-electron chi connectivity index (χ4n) is 3.08. The van der Waals surface area contributed by atoms with Crippen LogP contribution in [0, 0.1) is 0 Å². The van der Waals surface area contributed by atoms with Gasteiger partial charge in [0.2, 0.25) is 0 Å². The van der Waals surface area contributed by atoms with Crippen molar-refractivity contribution in [2.75, 3.05) is 13.1 Å². The minimum atomic E-state index is -3.44. The average Bonchev–Trinajstić information content (AvgIpc) is 2.57. The molecule has 0 saturated carbocycles. The van der Waals surface area contributed by atoms with Crippen LogP contribution in [0.5, 0.6) is 0 Å². The molecule has 0 spiro atoms. The number of hydrogen-bond acceptors (Lipinski definition) is 3. The summed E-state index contributed by atoms with van der Waals surface area (Å²) in [4.78, 5) is 0.401. The molecular formula is C17H19NO2S. The molecule has 0 aromatic heterocycles. The van der Waals surface area contributed by atoms with Crippen LogP contribution in [-0.4, -0.2) is 21.5 Å². The summed E-state index contributed by atoms with van der Waals surface area (Å²) < 4.78 is 25.7. The Morgan fingerprint density at radius 3 is 2.10 bits per heavy atom. The topological polar surface area (TPSA) is 46.2 Å².